The van der Waals surface area contributed by atoms with Gasteiger partial charge in [-0.05, 0) is 72.2 Å². The number of fused-ring (bicyclic) bond motifs is 6. The maximum atomic E-state index is 16.5. The van der Waals surface area contributed by atoms with E-state index in [9.17, 15) is 0 Å². The summed E-state index contributed by atoms with van der Waals surface area (Å²) in [5.74, 6) is 0. The Balaban J connectivity index is 1.59. The fourth-order valence-corrected chi connectivity index (χ4v) is 11.2. The first-order valence-corrected chi connectivity index (χ1v) is 23.3. The van der Waals surface area contributed by atoms with Gasteiger partial charge in [0, 0.05) is 48.5 Å². The predicted octanol–water partition coefficient (Wildman–Crippen LogP) is 11.9. The predicted molar refractivity (Wildman–Crippen MR) is 247 cm³/mol. The van der Waals surface area contributed by atoms with E-state index in [1.807, 2.05) is 0 Å². The summed E-state index contributed by atoms with van der Waals surface area (Å²) in [5.41, 5.74) is -12.0. The molecule has 0 spiro atoms. The van der Waals surface area contributed by atoms with Crippen molar-refractivity contribution in [2.45, 2.75) is 76.6 Å². The molecule has 0 saturated carbocycles. The third-order valence-corrected chi connectivity index (χ3v) is 13.9. The molecule has 4 aromatic carbocycles. The van der Waals surface area contributed by atoms with Gasteiger partial charge in [-0.2, -0.15) is 52.7 Å². The minimum absolute atomic E-state index is 0.0649. The minimum atomic E-state index is -5.66. The number of alkyl halides is 12. The van der Waals surface area contributed by atoms with Gasteiger partial charge in [-0.1, -0.05) is 121 Å². The Kier molecular flexibility index (Phi) is 11.2. The lowest BCUT2D eigenvalue weighted by Gasteiger charge is -2.20. The Morgan fingerprint density at radius 1 is 0.250 bits per heavy atom. The summed E-state index contributed by atoms with van der Waals surface area (Å²) in [6.45, 7) is -1.37. The summed E-state index contributed by atoms with van der Waals surface area (Å²) in [5, 5.41) is -0.320. The molecular formula is C56H40F12N4. The quantitative estimate of drug-likeness (QED) is 0.157. The molecule has 4 aliphatic heterocycles. The van der Waals surface area contributed by atoms with Crippen molar-refractivity contribution in [3.05, 3.63) is 234 Å². The molecule has 12 bridgehead atoms. The van der Waals surface area contributed by atoms with Crippen LogP contribution in [0.25, 0.3) is 22.3 Å². The van der Waals surface area contributed by atoms with E-state index in [0.717, 1.165) is 9.13 Å². The van der Waals surface area contributed by atoms with Crippen LogP contribution in [-0.4, -0.2) is 18.3 Å². The summed E-state index contributed by atoms with van der Waals surface area (Å²) in [6, 6.07) is 35.6. The number of hydrogen-bond acceptors (Lipinski definition) is 0. The second-order valence-electron chi connectivity index (χ2n) is 18.1. The van der Waals surface area contributed by atoms with Crippen LogP contribution in [0, 0.1) is 0 Å². The maximum absolute atomic E-state index is 16.5. The molecule has 0 unspecified atom stereocenters. The zero-order valence-electron chi connectivity index (χ0n) is 37.8. The zero-order valence-corrected chi connectivity index (χ0v) is 37.8. The maximum Gasteiger partial charge on any atom is 0.419 e. The summed E-state index contributed by atoms with van der Waals surface area (Å²) in [6.07, 6.45) is -22.8. The summed E-state index contributed by atoms with van der Waals surface area (Å²) in [7, 11) is 0. The second kappa shape index (κ2) is 17.2. The third-order valence-electron chi connectivity index (χ3n) is 13.9. The Bertz CT molecular complexity index is 3190. The van der Waals surface area contributed by atoms with Gasteiger partial charge in [0.2, 0.25) is 0 Å². The average Bonchev–Trinajstić information content (AvgIpc) is 4.11. The molecule has 4 aromatic heterocycles. The topological polar surface area (TPSA) is 19.7 Å². The number of aromatic nitrogens is 4. The number of benzene rings is 4. The molecule has 12 rings (SSSR count). The Morgan fingerprint density at radius 3 is 0.639 bits per heavy atom. The van der Waals surface area contributed by atoms with Crippen molar-refractivity contribution >= 4 is 22.3 Å². The van der Waals surface area contributed by atoms with E-state index in [4.69, 9.17) is 0 Å². The number of hydrogen-bond donors (Lipinski definition) is 0. The molecule has 0 atom stereocenters. The van der Waals surface area contributed by atoms with Crippen molar-refractivity contribution in [2.75, 3.05) is 0 Å². The molecule has 0 aliphatic carbocycles. The third kappa shape index (κ3) is 7.63. The van der Waals surface area contributed by atoms with E-state index in [-0.39, 0.29) is 105 Å². The van der Waals surface area contributed by atoms with Gasteiger partial charge >= 0.3 is 24.7 Å². The molecule has 8 heterocycles. The van der Waals surface area contributed by atoms with Gasteiger partial charge in [0.1, 0.15) is 0 Å². The highest BCUT2D eigenvalue weighted by Crippen LogP contribution is 2.52. The van der Waals surface area contributed by atoms with Gasteiger partial charge in [0.15, 0.2) is 0 Å². The summed E-state index contributed by atoms with van der Waals surface area (Å²) in [4.78, 5) is 0. The highest BCUT2D eigenvalue weighted by atomic mass is 19.4. The van der Waals surface area contributed by atoms with Crippen LogP contribution in [0.4, 0.5) is 52.7 Å². The van der Waals surface area contributed by atoms with Crippen LogP contribution in [0.5, 0.6) is 0 Å². The van der Waals surface area contributed by atoms with E-state index in [1.54, 1.807) is 24.3 Å². The minimum Gasteiger partial charge on any atom is -0.340 e. The van der Waals surface area contributed by atoms with Gasteiger partial charge in [-0.25, -0.2) is 0 Å². The first-order valence-electron chi connectivity index (χ1n) is 23.3. The molecule has 0 saturated heterocycles. The lowest BCUT2D eigenvalue weighted by Crippen LogP contribution is -2.33. The number of rotatable bonds is 4. The molecule has 72 heavy (non-hydrogen) atoms. The molecular weight excluding hydrogens is 957 g/mol. The highest BCUT2D eigenvalue weighted by Gasteiger charge is 2.53. The van der Waals surface area contributed by atoms with Gasteiger partial charge in [-0.15, -0.1) is 0 Å². The van der Waals surface area contributed by atoms with Crippen LogP contribution in [0.2, 0.25) is 0 Å². The van der Waals surface area contributed by atoms with Crippen molar-refractivity contribution < 1.29 is 52.7 Å². The Hall–Kier alpha value is -7.36. The Labute approximate surface area is 403 Å². The standard InChI is InChI=1S/C56H40F12N4/c57-53(58,59)45-46(54(60,61)62)50-43(35-21-9-3-10-22-35)39-27-28-40-44(36-23-11-4-12-24-36)52-48(56(66,67)68)47(55(63,64)65)51-42(34-19-7-2-8-20-34)38-26-25-37(69(38)29-13-14-30-70(39)40)41(33-17-5-1-6-18-33)49(45)71(50)31-15-16-32-72(51)52/h1-12,17-28H,13-16,29-32H2/b41-37-,42-38-,43-39-,44-40-,49-41?,50-43?,51-42?,52-44?. The van der Waals surface area contributed by atoms with E-state index >= 15 is 52.7 Å². The highest BCUT2D eigenvalue weighted by molar-refractivity contribution is 5.90. The van der Waals surface area contributed by atoms with E-state index < -0.39 is 82.8 Å². The lowest BCUT2D eigenvalue weighted by atomic mass is 9.94. The zero-order chi connectivity index (χ0) is 50.5. The Morgan fingerprint density at radius 2 is 0.444 bits per heavy atom. The van der Waals surface area contributed by atoms with E-state index in [1.165, 1.54) is 130 Å². The van der Waals surface area contributed by atoms with Crippen LogP contribution < -0.4 is 21.4 Å². The van der Waals surface area contributed by atoms with Gasteiger partial charge in [-0.3, -0.25) is 0 Å². The van der Waals surface area contributed by atoms with E-state index in [2.05, 4.69) is 0 Å². The van der Waals surface area contributed by atoms with Crippen LogP contribution in [0.3, 0.4) is 0 Å². The molecule has 8 aromatic rings. The monoisotopic (exact) mass is 996 g/mol. The van der Waals surface area contributed by atoms with Crippen LogP contribution >= 0.6 is 0 Å². The van der Waals surface area contributed by atoms with Crippen molar-refractivity contribution in [2.24, 2.45) is 0 Å². The number of halogens is 12. The van der Waals surface area contributed by atoms with Crippen molar-refractivity contribution in [3.8, 4) is 0 Å². The normalized spacial score (nSPS) is 18.5. The summed E-state index contributed by atoms with van der Waals surface area (Å²) >= 11 is 0. The smallest absolute Gasteiger partial charge is 0.340 e. The van der Waals surface area contributed by atoms with Crippen molar-refractivity contribution in [1.82, 2.24) is 18.3 Å². The average molecular weight is 997 g/mol. The van der Waals surface area contributed by atoms with Crippen LogP contribution in [0.1, 0.15) is 93.0 Å². The van der Waals surface area contributed by atoms with E-state index in [0.29, 0.717) is 0 Å². The van der Waals surface area contributed by atoms with Crippen molar-refractivity contribution in [1.29, 1.82) is 0 Å². The molecule has 4 nitrogen and oxygen atoms in total. The summed E-state index contributed by atoms with van der Waals surface area (Å²) < 4.78 is 203. The molecule has 368 valence electrons. The molecule has 0 N–H and O–H groups in total. The fourth-order valence-electron chi connectivity index (χ4n) is 11.2. The number of nitrogens with zero attached hydrogens (tertiary/aromatic N) is 4. The van der Waals surface area contributed by atoms with Gasteiger partial charge < -0.3 is 18.3 Å². The lowest BCUT2D eigenvalue weighted by molar-refractivity contribution is -0.161. The first-order chi connectivity index (χ1) is 34.4. The molecule has 4 aliphatic rings. The molecule has 0 amide bonds. The first kappa shape index (κ1) is 47.0. The molecule has 0 radical (unpaired) electrons. The van der Waals surface area contributed by atoms with Gasteiger partial charge in [0.05, 0.1) is 66.4 Å². The van der Waals surface area contributed by atoms with Crippen LogP contribution in [0.15, 0.2) is 146 Å². The largest absolute Gasteiger partial charge is 0.419 e. The second-order valence-corrected chi connectivity index (χ2v) is 18.1. The van der Waals surface area contributed by atoms with Gasteiger partial charge in [0.25, 0.3) is 0 Å². The SMILES string of the molecule is FC(F)(F)c1c(C(F)(F)F)c2n3c1/C(c1ccccc1)=c1/cc/c4n1CCCCn1/c(cc/c1=C(\c1ccccc1)c1c(C(F)(F)F)c(C(F)(F)F)c(n1CCCC3)\C=4c1ccccc1)=C\2c1ccccc1. The van der Waals surface area contributed by atoms with Crippen LogP contribution in [-0.2, 0) is 50.9 Å². The van der Waals surface area contributed by atoms with Crippen molar-refractivity contribution in [3.63, 3.8) is 0 Å². The fraction of sp³-hybridized carbons (Fsp3) is 0.214. The molecule has 0 fully saturated rings. The molecule has 16 heteroatoms.